The van der Waals surface area contributed by atoms with Gasteiger partial charge in [-0.2, -0.15) is 0 Å². The number of hydrogen-bond donors (Lipinski definition) is 3. The second kappa shape index (κ2) is 7.73. The number of hydrogen-bond acceptors (Lipinski definition) is 7. The molecule has 28 heavy (non-hydrogen) atoms. The number of amides is 1. The molecule has 1 fully saturated rings. The fourth-order valence-electron chi connectivity index (χ4n) is 3.46. The Bertz CT molecular complexity index is 1030. The zero-order valence-electron chi connectivity index (χ0n) is 15.9. The number of piperidine rings is 1. The Morgan fingerprint density at radius 1 is 1.36 bits per heavy atom. The quantitative estimate of drug-likeness (QED) is 0.611. The van der Waals surface area contributed by atoms with Crippen LogP contribution in [0.1, 0.15) is 33.6 Å². The monoisotopic (exact) mass is 397 g/mol. The SMILES string of the molecule is Cc1ccc(Nc2ncnc3sc(C(N)=O)c(C)c23)c(OC2CCCNC2)c1. The second-order valence-electron chi connectivity index (χ2n) is 7.03. The number of fused-ring (bicyclic) bond motifs is 1. The number of aromatic nitrogens is 2. The van der Waals surface area contributed by atoms with Gasteiger partial charge in [0.15, 0.2) is 0 Å². The Labute approximate surface area is 167 Å². The summed E-state index contributed by atoms with van der Waals surface area (Å²) in [7, 11) is 0. The van der Waals surface area contributed by atoms with E-state index in [9.17, 15) is 4.79 Å². The highest BCUT2D eigenvalue weighted by Crippen LogP contribution is 2.36. The minimum atomic E-state index is -0.449. The average Bonchev–Trinajstić information content (AvgIpc) is 3.03. The third-order valence-electron chi connectivity index (χ3n) is 4.89. The molecule has 4 N–H and O–H groups in total. The molecule has 1 amide bonds. The molecule has 1 aliphatic heterocycles. The first kappa shape index (κ1) is 18.6. The van der Waals surface area contributed by atoms with Crippen LogP contribution in [0.15, 0.2) is 24.5 Å². The number of thiophene rings is 1. The van der Waals surface area contributed by atoms with E-state index in [2.05, 4.69) is 20.6 Å². The molecule has 0 radical (unpaired) electrons. The van der Waals surface area contributed by atoms with Crippen molar-refractivity contribution in [1.29, 1.82) is 0 Å². The van der Waals surface area contributed by atoms with Gasteiger partial charge in [-0.15, -0.1) is 11.3 Å². The highest BCUT2D eigenvalue weighted by Gasteiger charge is 2.20. The van der Waals surface area contributed by atoms with Crippen molar-refractivity contribution in [3.05, 3.63) is 40.5 Å². The first-order valence-corrected chi connectivity index (χ1v) is 10.1. The molecule has 0 saturated carbocycles. The summed E-state index contributed by atoms with van der Waals surface area (Å²) in [5.74, 6) is 0.987. The number of nitrogens with zero attached hydrogens (tertiary/aromatic N) is 2. The van der Waals surface area contributed by atoms with Crippen molar-refractivity contribution in [3.63, 3.8) is 0 Å². The molecular formula is C20H23N5O2S. The molecule has 7 nitrogen and oxygen atoms in total. The maximum Gasteiger partial charge on any atom is 0.259 e. The van der Waals surface area contributed by atoms with E-state index in [0.29, 0.717) is 10.7 Å². The number of primary amides is 1. The summed E-state index contributed by atoms with van der Waals surface area (Å²) in [5.41, 5.74) is 8.26. The van der Waals surface area contributed by atoms with E-state index in [1.165, 1.54) is 17.7 Å². The lowest BCUT2D eigenvalue weighted by Crippen LogP contribution is -2.37. The van der Waals surface area contributed by atoms with Gasteiger partial charge in [-0.1, -0.05) is 6.07 Å². The second-order valence-corrected chi connectivity index (χ2v) is 8.03. The topological polar surface area (TPSA) is 102 Å². The van der Waals surface area contributed by atoms with Crippen LogP contribution in [0.5, 0.6) is 5.75 Å². The van der Waals surface area contributed by atoms with Crippen LogP contribution < -0.4 is 21.1 Å². The number of carbonyl (C=O) groups is 1. The molecule has 3 aromatic rings. The van der Waals surface area contributed by atoms with Crippen molar-refractivity contribution in [2.75, 3.05) is 18.4 Å². The average molecular weight is 398 g/mol. The van der Waals surface area contributed by atoms with Crippen molar-refractivity contribution < 1.29 is 9.53 Å². The first-order valence-electron chi connectivity index (χ1n) is 9.32. The number of ether oxygens (including phenoxy) is 1. The number of rotatable bonds is 5. The first-order chi connectivity index (χ1) is 13.5. The lowest BCUT2D eigenvalue weighted by Gasteiger charge is -2.25. The summed E-state index contributed by atoms with van der Waals surface area (Å²) in [6.45, 7) is 5.79. The molecule has 1 atom stereocenters. The number of nitrogens with one attached hydrogen (secondary N) is 2. The van der Waals surface area contributed by atoms with Gasteiger partial charge in [-0.05, 0) is 56.5 Å². The Morgan fingerprint density at radius 3 is 2.96 bits per heavy atom. The van der Waals surface area contributed by atoms with E-state index in [1.807, 2.05) is 32.0 Å². The zero-order valence-corrected chi connectivity index (χ0v) is 16.7. The summed E-state index contributed by atoms with van der Waals surface area (Å²) in [6, 6.07) is 6.05. The van der Waals surface area contributed by atoms with Crippen molar-refractivity contribution >= 4 is 39.0 Å². The molecule has 0 spiro atoms. The van der Waals surface area contributed by atoms with E-state index in [-0.39, 0.29) is 6.10 Å². The maximum atomic E-state index is 11.7. The van der Waals surface area contributed by atoms with Crippen molar-refractivity contribution in [1.82, 2.24) is 15.3 Å². The van der Waals surface area contributed by atoms with Crippen LogP contribution in [0.4, 0.5) is 11.5 Å². The van der Waals surface area contributed by atoms with E-state index in [1.54, 1.807) is 0 Å². The van der Waals surface area contributed by atoms with Crippen molar-refractivity contribution in [3.8, 4) is 5.75 Å². The van der Waals surface area contributed by atoms with Gasteiger partial charge in [0.1, 0.15) is 28.8 Å². The van der Waals surface area contributed by atoms with Crippen molar-refractivity contribution in [2.24, 2.45) is 5.73 Å². The third-order valence-corrected chi connectivity index (χ3v) is 6.10. The Morgan fingerprint density at radius 2 is 2.21 bits per heavy atom. The van der Waals surface area contributed by atoms with Crippen LogP contribution in [0.3, 0.4) is 0 Å². The van der Waals surface area contributed by atoms with Crippen LogP contribution in [0.25, 0.3) is 10.2 Å². The fraction of sp³-hybridized carbons (Fsp3) is 0.350. The molecule has 3 heterocycles. The van der Waals surface area contributed by atoms with Gasteiger partial charge in [0.25, 0.3) is 5.91 Å². The number of anilines is 2. The molecule has 1 saturated heterocycles. The summed E-state index contributed by atoms with van der Waals surface area (Å²) >= 11 is 1.29. The smallest absolute Gasteiger partial charge is 0.259 e. The molecule has 4 rings (SSSR count). The molecule has 0 bridgehead atoms. The number of nitrogens with two attached hydrogens (primary N) is 1. The predicted octanol–water partition coefficient (Wildman–Crippen LogP) is 3.28. The Kier molecular flexibility index (Phi) is 5.15. The van der Waals surface area contributed by atoms with Gasteiger partial charge in [0, 0.05) is 6.54 Å². The minimum Gasteiger partial charge on any atom is -0.487 e. The summed E-state index contributed by atoms with van der Waals surface area (Å²) in [4.78, 5) is 21.7. The molecule has 1 unspecified atom stereocenters. The fourth-order valence-corrected chi connectivity index (χ4v) is 4.46. The van der Waals surface area contributed by atoms with Crippen LogP contribution in [-0.4, -0.2) is 35.1 Å². The standard InChI is InChI=1S/C20H23N5O2S/c1-11-5-6-14(15(8-11)27-13-4-3-7-22-9-13)25-19-16-12(2)17(18(21)26)28-20(16)24-10-23-19/h5-6,8,10,13,22H,3-4,7,9H2,1-2H3,(H2,21,26)(H,23,24,25). The van der Waals surface area contributed by atoms with E-state index >= 15 is 0 Å². The molecule has 1 aliphatic rings. The molecular weight excluding hydrogens is 374 g/mol. The Hall–Kier alpha value is -2.71. The van der Waals surface area contributed by atoms with Crippen LogP contribution in [0.2, 0.25) is 0 Å². The lowest BCUT2D eigenvalue weighted by molar-refractivity contribution is 0.100. The molecule has 146 valence electrons. The predicted molar refractivity (Wildman–Crippen MR) is 112 cm³/mol. The van der Waals surface area contributed by atoms with Gasteiger partial charge in [0.2, 0.25) is 0 Å². The molecule has 1 aromatic carbocycles. The molecule has 8 heteroatoms. The number of benzene rings is 1. The van der Waals surface area contributed by atoms with Gasteiger partial charge in [-0.25, -0.2) is 9.97 Å². The third kappa shape index (κ3) is 3.65. The van der Waals surface area contributed by atoms with Crippen LogP contribution in [-0.2, 0) is 0 Å². The van der Waals surface area contributed by atoms with Gasteiger partial charge in [0.05, 0.1) is 16.0 Å². The van der Waals surface area contributed by atoms with E-state index < -0.39 is 5.91 Å². The van der Waals surface area contributed by atoms with Gasteiger partial charge < -0.3 is 21.1 Å². The van der Waals surface area contributed by atoms with Crippen LogP contribution >= 0.6 is 11.3 Å². The van der Waals surface area contributed by atoms with Crippen molar-refractivity contribution in [2.45, 2.75) is 32.8 Å². The minimum absolute atomic E-state index is 0.144. The molecule has 0 aliphatic carbocycles. The number of aryl methyl sites for hydroxylation is 2. The van der Waals surface area contributed by atoms with Crippen LogP contribution in [0, 0.1) is 13.8 Å². The maximum absolute atomic E-state index is 11.7. The molecule has 2 aromatic heterocycles. The summed E-state index contributed by atoms with van der Waals surface area (Å²) < 4.78 is 6.29. The summed E-state index contributed by atoms with van der Waals surface area (Å²) in [6.07, 6.45) is 3.77. The largest absolute Gasteiger partial charge is 0.487 e. The van der Waals surface area contributed by atoms with E-state index in [4.69, 9.17) is 10.5 Å². The zero-order chi connectivity index (χ0) is 19.7. The Balaban J connectivity index is 1.70. The van der Waals surface area contributed by atoms with Gasteiger partial charge >= 0.3 is 0 Å². The number of carbonyl (C=O) groups excluding carboxylic acids is 1. The highest BCUT2D eigenvalue weighted by atomic mass is 32.1. The normalized spacial score (nSPS) is 16.9. The summed E-state index contributed by atoms with van der Waals surface area (Å²) in [5, 5.41) is 7.57. The van der Waals surface area contributed by atoms with E-state index in [0.717, 1.165) is 58.7 Å². The highest BCUT2D eigenvalue weighted by molar-refractivity contribution is 7.20. The lowest BCUT2D eigenvalue weighted by atomic mass is 10.1. The van der Waals surface area contributed by atoms with Gasteiger partial charge in [-0.3, -0.25) is 4.79 Å².